The monoisotopic (exact) mass is 237 g/mol. The van der Waals surface area contributed by atoms with Gasteiger partial charge in [-0.2, -0.15) is 0 Å². The summed E-state index contributed by atoms with van der Waals surface area (Å²) >= 11 is 0. The van der Waals surface area contributed by atoms with Crippen molar-refractivity contribution in [2.75, 3.05) is 19.6 Å². The molecule has 0 atom stereocenters. The van der Waals surface area contributed by atoms with Gasteiger partial charge in [0, 0.05) is 59.1 Å². The first-order valence-electron chi connectivity index (χ1n) is 3.29. The van der Waals surface area contributed by atoms with E-state index in [4.69, 9.17) is 15.3 Å². The second kappa shape index (κ2) is 10.9. The molecule has 0 aromatic heterocycles. The van der Waals surface area contributed by atoms with Gasteiger partial charge < -0.3 is 15.3 Å². The molecule has 0 saturated heterocycles. The molecule has 7 nitrogen and oxygen atoms in total. The molecule has 0 aliphatic rings. The number of nitrogens with zero attached hydrogens (tertiary/aromatic N) is 1. The summed E-state index contributed by atoms with van der Waals surface area (Å²) in [4.78, 5) is 31.2. The van der Waals surface area contributed by atoms with Crippen molar-refractivity contribution in [1.82, 2.24) is 4.90 Å². The largest absolute Gasteiger partial charge is 0.480 e. The summed E-state index contributed by atoms with van der Waals surface area (Å²) in [6, 6.07) is 0. The number of carboxylic acids is 3. The molecule has 0 aromatic carbocycles. The molecule has 0 heterocycles. The maximum atomic E-state index is 10.1. The van der Waals surface area contributed by atoms with Crippen molar-refractivity contribution >= 4 is 77.0 Å². The maximum absolute atomic E-state index is 10.1. The van der Waals surface area contributed by atoms with E-state index in [1.165, 1.54) is 0 Å². The van der Waals surface area contributed by atoms with Crippen molar-refractivity contribution in [2.45, 2.75) is 0 Å². The first kappa shape index (κ1) is 20.7. The van der Waals surface area contributed by atoms with E-state index in [-0.39, 0.29) is 59.1 Å². The van der Waals surface area contributed by atoms with Crippen LogP contribution in [0.3, 0.4) is 0 Å². The van der Waals surface area contributed by atoms with Crippen LogP contribution in [-0.2, 0) is 14.4 Å². The van der Waals surface area contributed by atoms with E-state index in [2.05, 4.69) is 0 Å². The van der Waals surface area contributed by atoms with Gasteiger partial charge in [0.2, 0.25) is 0 Å². The Hall–Kier alpha value is 0.370. The zero-order valence-electron chi connectivity index (χ0n) is 8.63. The molecule has 15 heavy (non-hydrogen) atoms. The second-order valence-corrected chi connectivity index (χ2v) is 2.33. The number of carboxylic acid groups (broad SMARTS) is 3. The Morgan fingerprint density at radius 2 is 0.933 bits per heavy atom. The minimum atomic E-state index is -1.26. The van der Waals surface area contributed by atoms with Crippen LogP contribution in [0.25, 0.3) is 0 Å². The van der Waals surface area contributed by atoms with Gasteiger partial charge in [0.25, 0.3) is 0 Å². The van der Waals surface area contributed by atoms with E-state index in [1.807, 2.05) is 0 Å². The predicted molar refractivity (Wildman–Crippen MR) is 50.9 cm³/mol. The third-order valence-electron chi connectivity index (χ3n) is 1.08. The van der Waals surface area contributed by atoms with Crippen LogP contribution in [0, 0.1) is 0 Å². The Morgan fingerprint density at radius 1 is 0.733 bits per heavy atom. The fourth-order valence-electron chi connectivity index (χ4n) is 0.742. The molecule has 0 unspecified atom stereocenters. The predicted octanol–water partition coefficient (Wildman–Crippen LogP) is -2.22. The van der Waals surface area contributed by atoms with Crippen molar-refractivity contribution in [1.29, 1.82) is 0 Å². The van der Waals surface area contributed by atoms with E-state index in [1.54, 1.807) is 0 Å². The van der Waals surface area contributed by atoms with Gasteiger partial charge in [-0.25, -0.2) is 0 Å². The maximum Gasteiger partial charge on any atom is 0.317 e. The summed E-state index contributed by atoms with van der Waals surface area (Å²) in [5.74, 6) is -3.78. The van der Waals surface area contributed by atoms with E-state index in [0.29, 0.717) is 0 Å². The molecule has 9 heteroatoms. The number of hydrogen-bond donors (Lipinski definition) is 3. The summed E-state index contributed by atoms with van der Waals surface area (Å²) in [7, 11) is 0. The molecule has 76 valence electrons. The molecular weight excluding hydrogens is 228 g/mol. The molecule has 0 aliphatic heterocycles. The third kappa shape index (κ3) is 14.4. The van der Waals surface area contributed by atoms with Gasteiger partial charge >= 0.3 is 17.9 Å². The second-order valence-electron chi connectivity index (χ2n) is 2.33. The quantitative estimate of drug-likeness (QED) is 0.448. The van der Waals surface area contributed by atoms with Gasteiger partial charge in [-0.1, -0.05) is 0 Å². The minimum absolute atomic E-state index is 0. The molecule has 0 bridgehead atoms. The molecule has 0 aromatic rings. The SMILES string of the molecule is O=C(O)CN(CC(=O)O)CC(=O)O.[Na].[Na]. The molecule has 0 rings (SSSR count). The number of carbonyl (C=O) groups is 3. The molecule has 0 amide bonds. The van der Waals surface area contributed by atoms with Crippen LogP contribution in [0.5, 0.6) is 0 Å². The Morgan fingerprint density at radius 3 is 1.07 bits per heavy atom. The Labute approximate surface area is 130 Å². The van der Waals surface area contributed by atoms with Crippen LogP contribution in [0.1, 0.15) is 0 Å². The summed E-state index contributed by atoms with van der Waals surface area (Å²) in [5, 5.41) is 24.8. The first-order valence-corrected chi connectivity index (χ1v) is 3.29. The van der Waals surface area contributed by atoms with Gasteiger partial charge in [-0.15, -0.1) is 0 Å². The van der Waals surface area contributed by atoms with E-state index in [0.717, 1.165) is 4.90 Å². The Balaban J connectivity index is -0.000000720. The van der Waals surface area contributed by atoms with Crippen LogP contribution >= 0.6 is 0 Å². The van der Waals surface area contributed by atoms with Crippen LogP contribution in [0.15, 0.2) is 0 Å². The summed E-state index contributed by atoms with van der Waals surface area (Å²) in [6.07, 6.45) is 0. The normalized spacial score (nSPS) is 8.60. The van der Waals surface area contributed by atoms with Crippen molar-refractivity contribution in [3.05, 3.63) is 0 Å². The van der Waals surface area contributed by atoms with Gasteiger partial charge in [-0.05, 0) is 0 Å². The molecule has 0 spiro atoms. The smallest absolute Gasteiger partial charge is 0.317 e. The summed E-state index contributed by atoms with van der Waals surface area (Å²) in [6.45, 7) is -1.80. The zero-order valence-corrected chi connectivity index (χ0v) is 12.6. The molecule has 3 N–H and O–H groups in total. The number of hydrogen-bond acceptors (Lipinski definition) is 4. The van der Waals surface area contributed by atoms with E-state index in [9.17, 15) is 14.4 Å². The minimum Gasteiger partial charge on any atom is -0.480 e. The topological polar surface area (TPSA) is 115 Å². The summed E-state index contributed by atoms with van der Waals surface area (Å²) in [5.41, 5.74) is 0. The van der Waals surface area contributed by atoms with Gasteiger partial charge in [0.05, 0.1) is 19.6 Å². The Bertz CT molecular complexity index is 196. The standard InChI is InChI=1S/C6H9NO6.2Na/c8-4(9)1-7(2-5(10)11)3-6(12)13;;/h1-3H2,(H,8,9)(H,10,11)(H,12,13);;. The number of rotatable bonds is 6. The molecule has 0 saturated carbocycles. The van der Waals surface area contributed by atoms with E-state index < -0.39 is 37.5 Å². The zero-order chi connectivity index (χ0) is 10.4. The fourth-order valence-corrected chi connectivity index (χ4v) is 0.742. The third-order valence-corrected chi connectivity index (χ3v) is 1.08. The molecule has 0 aliphatic carbocycles. The molecular formula is C6H9NNa2O6. The summed E-state index contributed by atoms with van der Waals surface area (Å²) < 4.78 is 0. The van der Waals surface area contributed by atoms with Crippen molar-refractivity contribution in [3.8, 4) is 0 Å². The van der Waals surface area contributed by atoms with Crippen molar-refractivity contribution in [2.24, 2.45) is 0 Å². The van der Waals surface area contributed by atoms with E-state index >= 15 is 0 Å². The van der Waals surface area contributed by atoms with Crippen LogP contribution in [-0.4, -0.2) is 117 Å². The van der Waals surface area contributed by atoms with Gasteiger partial charge in [0.15, 0.2) is 0 Å². The van der Waals surface area contributed by atoms with Crippen LogP contribution in [0.4, 0.5) is 0 Å². The average Bonchev–Trinajstić information content (AvgIpc) is 1.80. The van der Waals surface area contributed by atoms with Gasteiger partial charge in [0.1, 0.15) is 0 Å². The van der Waals surface area contributed by atoms with Crippen molar-refractivity contribution < 1.29 is 29.7 Å². The van der Waals surface area contributed by atoms with Crippen molar-refractivity contribution in [3.63, 3.8) is 0 Å². The van der Waals surface area contributed by atoms with Crippen LogP contribution in [0.2, 0.25) is 0 Å². The fraction of sp³-hybridized carbons (Fsp3) is 0.500. The number of aliphatic carboxylic acids is 3. The average molecular weight is 237 g/mol. The first-order chi connectivity index (χ1) is 5.91. The Kier molecular flexibility index (Phi) is 15.0. The van der Waals surface area contributed by atoms with Crippen LogP contribution < -0.4 is 0 Å². The molecule has 0 fully saturated rings. The molecule has 2 radical (unpaired) electrons. The van der Waals surface area contributed by atoms with Gasteiger partial charge in [-0.3, -0.25) is 19.3 Å².